The monoisotopic (exact) mass is 311 g/mol. The highest BCUT2D eigenvalue weighted by molar-refractivity contribution is 9.10. The fourth-order valence-electron chi connectivity index (χ4n) is 1.81. The molecule has 0 heterocycles. The predicted octanol–water partition coefficient (Wildman–Crippen LogP) is 3.97. The lowest BCUT2D eigenvalue weighted by molar-refractivity contribution is 0.561. The van der Waals surface area contributed by atoms with Gasteiger partial charge < -0.3 is 5.73 Å². The van der Waals surface area contributed by atoms with Crippen LogP contribution < -0.4 is 5.73 Å². The van der Waals surface area contributed by atoms with Crippen LogP contribution in [0.15, 0.2) is 46.9 Å². The van der Waals surface area contributed by atoms with Crippen LogP contribution in [0.25, 0.3) is 0 Å². The molecule has 2 aromatic carbocycles. The maximum absolute atomic E-state index is 13.6. The number of benzene rings is 2. The highest BCUT2D eigenvalue weighted by Crippen LogP contribution is 2.24. The van der Waals surface area contributed by atoms with E-state index in [2.05, 4.69) is 15.9 Å². The van der Waals surface area contributed by atoms with Crippen molar-refractivity contribution in [3.8, 4) is 0 Å². The van der Waals surface area contributed by atoms with Gasteiger partial charge in [-0.3, -0.25) is 0 Å². The minimum atomic E-state index is -0.570. The first-order valence-electron chi connectivity index (χ1n) is 5.52. The third-order valence-corrected chi connectivity index (χ3v) is 3.53. The number of halogens is 3. The number of hydrogen-bond donors (Lipinski definition) is 1. The molecule has 1 atom stereocenters. The average molecular weight is 312 g/mol. The van der Waals surface area contributed by atoms with Crippen molar-refractivity contribution in [1.29, 1.82) is 0 Å². The van der Waals surface area contributed by atoms with Gasteiger partial charge in [-0.1, -0.05) is 34.1 Å². The molecule has 0 aromatic heterocycles. The average Bonchev–Trinajstić information content (AvgIpc) is 2.35. The highest BCUT2D eigenvalue weighted by Gasteiger charge is 2.14. The second-order valence-corrected chi connectivity index (χ2v) is 4.92. The van der Waals surface area contributed by atoms with Gasteiger partial charge in [0.05, 0.1) is 0 Å². The lowest BCUT2D eigenvalue weighted by atomic mass is 9.99. The molecule has 2 N–H and O–H groups in total. The molecule has 0 spiro atoms. The Balaban J connectivity index is 2.25. The summed E-state index contributed by atoms with van der Waals surface area (Å²) >= 11 is 3.41. The zero-order valence-electron chi connectivity index (χ0n) is 9.54. The van der Waals surface area contributed by atoms with Crippen LogP contribution in [0.1, 0.15) is 17.2 Å². The fourth-order valence-corrected chi connectivity index (χ4v) is 2.26. The largest absolute Gasteiger partial charge is 0.324 e. The van der Waals surface area contributed by atoms with Gasteiger partial charge in [-0.25, -0.2) is 8.78 Å². The van der Waals surface area contributed by atoms with E-state index < -0.39 is 17.7 Å². The Bertz CT molecular complexity index is 557. The molecule has 1 nitrogen and oxygen atoms in total. The Labute approximate surface area is 113 Å². The van der Waals surface area contributed by atoms with Crippen molar-refractivity contribution in [2.24, 2.45) is 5.73 Å². The van der Waals surface area contributed by atoms with Crippen LogP contribution in [-0.4, -0.2) is 0 Å². The summed E-state index contributed by atoms with van der Waals surface area (Å²) in [4.78, 5) is 0. The van der Waals surface area contributed by atoms with Crippen LogP contribution in [0.5, 0.6) is 0 Å². The molecular weight excluding hydrogens is 300 g/mol. The van der Waals surface area contributed by atoms with E-state index >= 15 is 0 Å². The Morgan fingerprint density at radius 3 is 2.56 bits per heavy atom. The second-order valence-electron chi connectivity index (χ2n) is 4.07. The molecule has 4 heteroatoms. The first kappa shape index (κ1) is 13.2. The summed E-state index contributed by atoms with van der Waals surface area (Å²) in [5.74, 6) is -0.954. The molecule has 18 heavy (non-hydrogen) atoms. The van der Waals surface area contributed by atoms with Gasteiger partial charge >= 0.3 is 0 Å². The second kappa shape index (κ2) is 5.59. The molecule has 0 saturated carbocycles. The van der Waals surface area contributed by atoms with Gasteiger partial charge in [-0.2, -0.15) is 0 Å². The summed E-state index contributed by atoms with van der Waals surface area (Å²) in [5.41, 5.74) is 7.10. The normalized spacial score (nSPS) is 12.4. The minimum absolute atomic E-state index is 0.200. The molecular formula is C14H12BrF2N. The van der Waals surface area contributed by atoms with Crippen LogP contribution in [0, 0.1) is 11.6 Å². The number of nitrogens with two attached hydrogens (primary N) is 1. The summed E-state index contributed by atoms with van der Waals surface area (Å²) in [5, 5.41) is 0. The van der Waals surface area contributed by atoms with Crippen LogP contribution in [0.3, 0.4) is 0 Å². The van der Waals surface area contributed by atoms with Gasteiger partial charge in [-0.05, 0) is 36.2 Å². The smallest absolute Gasteiger partial charge is 0.128 e. The van der Waals surface area contributed by atoms with Crippen LogP contribution >= 0.6 is 15.9 Å². The molecule has 0 saturated heterocycles. The van der Waals surface area contributed by atoms with E-state index in [-0.39, 0.29) is 5.56 Å². The SMILES string of the molecule is NC(Cc1ccccc1Br)c1cc(F)ccc1F. The zero-order valence-corrected chi connectivity index (χ0v) is 11.1. The lowest BCUT2D eigenvalue weighted by Gasteiger charge is -2.14. The summed E-state index contributed by atoms with van der Waals surface area (Å²) in [7, 11) is 0. The third kappa shape index (κ3) is 2.94. The van der Waals surface area contributed by atoms with E-state index in [4.69, 9.17) is 5.73 Å². The summed E-state index contributed by atoms with van der Waals surface area (Å²) in [6, 6.07) is 10.3. The lowest BCUT2D eigenvalue weighted by Crippen LogP contribution is -2.15. The fraction of sp³-hybridized carbons (Fsp3) is 0.143. The van der Waals surface area contributed by atoms with Gasteiger partial charge in [0.1, 0.15) is 11.6 Å². The van der Waals surface area contributed by atoms with Crippen LogP contribution in [-0.2, 0) is 6.42 Å². The van der Waals surface area contributed by atoms with E-state index in [1.165, 1.54) is 0 Å². The topological polar surface area (TPSA) is 26.0 Å². The van der Waals surface area contributed by atoms with Gasteiger partial charge in [0.15, 0.2) is 0 Å². The Kier molecular flexibility index (Phi) is 4.09. The molecule has 94 valence electrons. The van der Waals surface area contributed by atoms with Crippen molar-refractivity contribution in [3.05, 3.63) is 69.7 Å². The minimum Gasteiger partial charge on any atom is -0.324 e. The molecule has 2 aromatic rings. The summed E-state index contributed by atoms with van der Waals surface area (Å²) in [6.07, 6.45) is 0.446. The Morgan fingerprint density at radius 1 is 1.11 bits per heavy atom. The van der Waals surface area contributed by atoms with E-state index in [1.807, 2.05) is 24.3 Å². The van der Waals surface area contributed by atoms with Crippen LogP contribution in [0.4, 0.5) is 8.78 Å². The standard InChI is InChI=1S/C14H12BrF2N/c15-12-4-2-1-3-9(12)7-14(18)11-8-10(16)5-6-13(11)17/h1-6,8,14H,7,18H2. The molecule has 0 aliphatic carbocycles. The van der Waals surface area contributed by atoms with Gasteiger partial charge in [-0.15, -0.1) is 0 Å². The molecule has 1 unspecified atom stereocenters. The molecule has 2 rings (SSSR count). The quantitative estimate of drug-likeness (QED) is 0.912. The van der Waals surface area contributed by atoms with Crippen molar-refractivity contribution < 1.29 is 8.78 Å². The molecule has 0 aliphatic rings. The molecule has 0 radical (unpaired) electrons. The predicted molar refractivity (Wildman–Crippen MR) is 71.1 cm³/mol. The van der Waals surface area contributed by atoms with Crippen molar-refractivity contribution in [1.82, 2.24) is 0 Å². The van der Waals surface area contributed by atoms with Crippen molar-refractivity contribution >= 4 is 15.9 Å². The van der Waals surface area contributed by atoms with Gasteiger partial charge in [0, 0.05) is 16.1 Å². The maximum atomic E-state index is 13.6. The highest BCUT2D eigenvalue weighted by atomic mass is 79.9. The number of rotatable bonds is 3. The number of hydrogen-bond acceptors (Lipinski definition) is 1. The first-order valence-corrected chi connectivity index (χ1v) is 6.31. The first-order chi connectivity index (χ1) is 8.58. The van der Waals surface area contributed by atoms with E-state index in [9.17, 15) is 8.78 Å². The molecule has 0 aliphatic heterocycles. The van der Waals surface area contributed by atoms with Gasteiger partial charge in [0.2, 0.25) is 0 Å². The van der Waals surface area contributed by atoms with E-state index in [0.717, 1.165) is 28.2 Å². The van der Waals surface area contributed by atoms with Crippen molar-refractivity contribution in [2.75, 3.05) is 0 Å². The van der Waals surface area contributed by atoms with Crippen LogP contribution in [0.2, 0.25) is 0 Å². The summed E-state index contributed by atoms with van der Waals surface area (Å²) < 4.78 is 27.6. The Hall–Kier alpha value is -1.26. The van der Waals surface area contributed by atoms with Gasteiger partial charge in [0.25, 0.3) is 0 Å². The third-order valence-electron chi connectivity index (χ3n) is 2.76. The molecule has 0 amide bonds. The zero-order chi connectivity index (χ0) is 13.1. The van der Waals surface area contributed by atoms with E-state index in [1.54, 1.807) is 0 Å². The maximum Gasteiger partial charge on any atom is 0.128 e. The molecule has 0 bridgehead atoms. The van der Waals surface area contributed by atoms with E-state index in [0.29, 0.717) is 6.42 Å². The Morgan fingerprint density at radius 2 is 1.83 bits per heavy atom. The molecule has 0 fully saturated rings. The summed E-state index contributed by atoms with van der Waals surface area (Å²) in [6.45, 7) is 0. The van der Waals surface area contributed by atoms with Crippen molar-refractivity contribution in [3.63, 3.8) is 0 Å². The van der Waals surface area contributed by atoms with Crippen molar-refractivity contribution in [2.45, 2.75) is 12.5 Å².